The van der Waals surface area contributed by atoms with E-state index in [1.54, 1.807) is 5.38 Å². The zero-order valence-electron chi connectivity index (χ0n) is 8.95. The maximum atomic E-state index is 10.3. The Morgan fingerprint density at radius 3 is 2.71 bits per heavy atom. The van der Waals surface area contributed by atoms with E-state index < -0.39 is 6.10 Å². The molecule has 0 bridgehead atoms. The summed E-state index contributed by atoms with van der Waals surface area (Å²) < 4.78 is 3.78. The molecular weight excluding hydrogens is 232 g/mol. The monoisotopic (exact) mass is 242 g/mol. The largest absolute Gasteiger partial charge is 0.382 e. The molecule has 0 fully saturated rings. The van der Waals surface area contributed by atoms with Crippen molar-refractivity contribution < 1.29 is 5.11 Å². The third-order valence-corrected chi connectivity index (χ3v) is 3.30. The minimum atomic E-state index is -0.708. The van der Waals surface area contributed by atoms with E-state index in [0.717, 1.165) is 16.3 Å². The molecule has 1 heterocycles. The van der Waals surface area contributed by atoms with E-state index in [2.05, 4.69) is 9.59 Å². The highest BCUT2D eigenvalue weighted by Gasteiger charge is 2.15. The molecule has 1 aromatic heterocycles. The highest BCUT2D eigenvalue weighted by molar-refractivity contribution is 7.03. The molecule has 0 saturated heterocycles. The lowest BCUT2D eigenvalue weighted by atomic mass is 9.99. The van der Waals surface area contributed by atoms with Crippen molar-refractivity contribution in [2.75, 3.05) is 0 Å². The number of rotatable bonds is 2. The van der Waals surface area contributed by atoms with Gasteiger partial charge in [-0.1, -0.05) is 47.0 Å². The van der Waals surface area contributed by atoms with Crippen molar-refractivity contribution in [3.8, 4) is 0 Å². The van der Waals surface area contributed by atoms with Crippen molar-refractivity contribution in [3.63, 3.8) is 0 Å². The third kappa shape index (κ3) is 1.81. The van der Waals surface area contributed by atoms with Crippen molar-refractivity contribution >= 4 is 22.3 Å². The van der Waals surface area contributed by atoms with Crippen LogP contribution in [0.4, 0.5) is 0 Å². The van der Waals surface area contributed by atoms with Gasteiger partial charge in [-0.15, -0.1) is 5.10 Å². The highest BCUT2D eigenvalue weighted by Crippen LogP contribution is 2.27. The van der Waals surface area contributed by atoms with Crippen LogP contribution in [0.3, 0.4) is 0 Å². The number of hydrogen-bond acceptors (Lipinski definition) is 4. The molecule has 1 N–H and O–H groups in total. The van der Waals surface area contributed by atoms with Gasteiger partial charge in [-0.2, -0.15) is 0 Å². The average molecular weight is 242 g/mol. The molecule has 0 radical (unpaired) electrons. The van der Waals surface area contributed by atoms with Gasteiger partial charge in [-0.3, -0.25) is 0 Å². The molecule has 1 atom stereocenters. The van der Waals surface area contributed by atoms with Crippen LogP contribution >= 0.6 is 11.5 Å². The van der Waals surface area contributed by atoms with E-state index >= 15 is 0 Å². The van der Waals surface area contributed by atoms with Gasteiger partial charge in [0.2, 0.25) is 0 Å². The summed E-state index contributed by atoms with van der Waals surface area (Å²) >= 11 is 1.25. The fourth-order valence-corrected chi connectivity index (χ4v) is 2.41. The van der Waals surface area contributed by atoms with Crippen LogP contribution in [0.25, 0.3) is 10.8 Å². The minimum Gasteiger partial charge on any atom is -0.382 e. The first-order chi connectivity index (χ1) is 8.36. The first-order valence-electron chi connectivity index (χ1n) is 5.29. The summed E-state index contributed by atoms with van der Waals surface area (Å²) in [4.78, 5) is 0. The van der Waals surface area contributed by atoms with Crippen molar-refractivity contribution in [3.05, 3.63) is 59.1 Å². The maximum Gasteiger partial charge on any atom is 0.124 e. The molecule has 0 aliphatic rings. The number of aromatic nitrogens is 2. The Kier molecular flexibility index (Phi) is 2.59. The van der Waals surface area contributed by atoms with Gasteiger partial charge in [0.05, 0.1) is 0 Å². The number of benzene rings is 2. The van der Waals surface area contributed by atoms with Crippen LogP contribution in [0.15, 0.2) is 47.8 Å². The predicted octanol–water partition coefficient (Wildman–Crippen LogP) is 2.77. The van der Waals surface area contributed by atoms with E-state index in [1.807, 2.05) is 42.5 Å². The molecule has 0 aliphatic carbocycles. The van der Waals surface area contributed by atoms with Crippen LogP contribution in [0.1, 0.15) is 17.4 Å². The lowest BCUT2D eigenvalue weighted by Crippen LogP contribution is -2.00. The lowest BCUT2D eigenvalue weighted by molar-refractivity contribution is 0.217. The smallest absolute Gasteiger partial charge is 0.124 e. The van der Waals surface area contributed by atoms with Gasteiger partial charge in [0, 0.05) is 5.38 Å². The molecule has 0 amide bonds. The van der Waals surface area contributed by atoms with E-state index in [0.29, 0.717) is 5.69 Å². The van der Waals surface area contributed by atoms with Crippen LogP contribution in [0, 0.1) is 0 Å². The Morgan fingerprint density at radius 2 is 1.88 bits per heavy atom. The summed E-state index contributed by atoms with van der Waals surface area (Å²) in [6, 6.07) is 13.9. The molecule has 3 aromatic rings. The highest BCUT2D eigenvalue weighted by atomic mass is 32.1. The fraction of sp³-hybridized carbons (Fsp3) is 0.0769. The van der Waals surface area contributed by atoms with Crippen LogP contribution in [0.2, 0.25) is 0 Å². The number of aliphatic hydroxyl groups excluding tert-OH is 1. The van der Waals surface area contributed by atoms with Crippen LogP contribution < -0.4 is 0 Å². The minimum absolute atomic E-state index is 0.603. The number of hydrogen-bond donors (Lipinski definition) is 1. The summed E-state index contributed by atoms with van der Waals surface area (Å²) in [6.07, 6.45) is -0.708. The van der Waals surface area contributed by atoms with E-state index in [9.17, 15) is 5.11 Å². The van der Waals surface area contributed by atoms with Crippen LogP contribution in [0.5, 0.6) is 0 Å². The van der Waals surface area contributed by atoms with Crippen LogP contribution in [-0.4, -0.2) is 14.7 Å². The Morgan fingerprint density at radius 1 is 1.06 bits per heavy atom. The van der Waals surface area contributed by atoms with Gasteiger partial charge in [0.15, 0.2) is 0 Å². The fourth-order valence-electron chi connectivity index (χ4n) is 1.94. The topological polar surface area (TPSA) is 46.0 Å². The Hall–Kier alpha value is -1.78. The molecule has 4 heteroatoms. The third-order valence-electron chi connectivity index (χ3n) is 2.77. The summed E-state index contributed by atoms with van der Waals surface area (Å²) in [5.41, 5.74) is 1.47. The van der Waals surface area contributed by atoms with E-state index in [-0.39, 0.29) is 0 Å². The van der Waals surface area contributed by atoms with E-state index in [4.69, 9.17) is 0 Å². The van der Waals surface area contributed by atoms with Crippen molar-refractivity contribution in [2.24, 2.45) is 0 Å². The Labute approximate surface area is 103 Å². The van der Waals surface area contributed by atoms with Crippen molar-refractivity contribution in [1.82, 2.24) is 9.59 Å². The van der Waals surface area contributed by atoms with Gasteiger partial charge in [-0.25, -0.2) is 0 Å². The number of fused-ring (bicyclic) bond motifs is 1. The second-order valence-corrected chi connectivity index (χ2v) is 4.41. The first kappa shape index (κ1) is 10.4. The van der Waals surface area contributed by atoms with Gasteiger partial charge in [0.1, 0.15) is 11.8 Å². The molecule has 1 unspecified atom stereocenters. The normalized spacial score (nSPS) is 12.8. The lowest BCUT2D eigenvalue weighted by Gasteiger charge is -2.10. The molecule has 3 nitrogen and oxygen atoms in total. The van der Waals surface area contributed by atoms with Gasteiger partial charge >= 0.3 is 0 Å². The standard InChI is InChI=1S/C13H10N2OS/c16-13(12-8-17-15-14-12)11-7-3-5-9-4-1-2-6-10(9)11/h1-8,13,16H. The van der Waals surface area contributed by atoms with Crippen molar-refractivity contribution in [2.45, 2.75) is 6.10 Å². The first-order valence-corrected chi connectivity index (χ1v) is 6.12. The zero-order valence-corrected chi connectivity index (χ0v) is 9.76. The molecule has 0 spiro atoms. The van der Waals surface area contributed by atoms with Crippen molar-refractivity contribution in [1.29, 1.82) is 0 Å². The van der Waals surface area contributed by atoms with Gasteiger partial charge < -0.3 is 5.11 Å². The summed E-state index contributed by atoms with van der Waals surface area (Å²) in [6.45, 7) is 0. The molecular formula is C13H10N2OS. The summed E-state index contributed by atoms with van der Waals surface area (Å²) in [7, 11) is 0. The Balaban J connectivity index is 2.17. The average Bonchev–Trinajstić information content (AvgIpc) is 2.91. The van der Waals surface area contributed by atoms with Gasteiger partial charge in [0.25, 0.3) is 0 Å². The zero-order chi connectivity index (χ0) is 11.7. The molecule has 0 aliphatic heterocycles. The second kappa shape index (κ2) is 4.24. The predicted molar refractivity (Wildman–Crippen MR) is 67.9 cm³/mol. The summed E-state index contributed by atoms with van der Waals surface area (Å²) in [5, 5.41) is 18.1. The Bertz CT molecular complexity index is 631. The van der Waals surface area contributed by atoms with E-state index in [1.165, 1.54) is 11.5 Å². The second-order valence-electron chi connectivity index (χ2n) is 3.80. The van der Waals surface area contributed by atoms with Crippen LogP contribution in [-0.2, 0) is 0 Å². The number of nitrogens with zero attached hydrogens (tertiary/aromatic N) is 2. The quantitative estimate of drug-likeness (QED) is 0.751. The van der Waals surface area contributed by atoms with Gasteiger partial charge in [-0.05, 0) is 27.9 Å². The molecule has 3 rings (SSSR count). The summed E-state index contributed by atoms with van der Waals surface area (Å²) in [5.74, 6) is 0. The SMILES string of the molecule is OC(c1csnn1)c1cccc2ccccc12. The molecule has 84 valence electrons. The maximum absolute atomic E-state index is 10.3. The molecule has 2 aromatic carbocycles. The number of aliphatic hydroxyl groups is 1. The molecule has 0 saturated carbocycles. The molecule has 17 heavy (non-hydrogen) atoms.